The van der Waals surface area contributed by atoms with Crippen molar-refractivity contribution in [2.45, 2.75) is 150 Å². The lowest BCUT2D eigenvalue weighted by molar-refractivity contribution is 0.526. The Morgan fingerprint density at radius 1 is 0.457 bits per heavy atom. The molecule has 0 heterocycles. The van der Waals surface area contributed by atoms with E-state index in [1.807, 2.05) is 0 Å². The molecule has 0 amide bonds. The summed E-state index contributed by atoms with van der Waals surface area (Å²) >= 11 is 0. The van der Waals surface area contributed by atoms with Gasteiger partial charge >= 0.3 is 0 Å². The topological polar surface area (TPSA) is 0 Å². The van der Waals surface area contributed by atoms with E-state index in [4.69, 9.17) is 0 Å². The summed E-state index contributed by atoms with van der Waals surface area (Å²) in [4.78, 5) is 0. The Bertz CT molecular complexity index is 961. The summed E-state index contributed by atoms with van der Waals surface area (Å²) in [6.07, 6.45) is 1.06. The predicted molar refractivity (Wildman–Crippen MR) is 159 cm³/mol. The highest BCUT2D eigenvalue weighted by Gasteiger charge is 2.31. The van der Waals surface area contributed by atoms with Crippen LogP contribution in [0.5, 0.6) is 0 Å². The molecule has 0 nitrogen and oxygen atoms in total. The van der Waals surface area contributed by atoms with Crippen LogP contribution in [-0.4, -0.2) is 0 Å². The standard InChI is InChI=1S/C35H56/c1-23(17-24-18-25(31(2,3)4)20-26(19-24)32(5,6)7)30-28(34(11,12)13)21-27(33(8,9)10)22-29(30)35(14,15)16/h18-23H,17H2,1-16H3. The van der Waals surface area contributed by atoms with Crippen LogP contribution in [0.1, 0.15) is 156 Å². The van der Waals surface area contributed by atoms with Gasteiger partial charge in [0.15, 0.2) is 0 Å². The van der Waals surface area contributed by atoms with Crippen molar-refractivity contribution < 1.29 is 0 Å². The van der Waals surface area contributed by atoms with Crippen LogP contribution >= 0.6 is 0 Å². The molecule has 0 radical (unpaired) electrons. The SMILES string of the molecule is CC(Cc1cc(C(C)(C)C)cc(C(C)(C)C)c1)c1c(C(C)(C)C)cc(C(C)(C)C)cc1C(C)(C)C. The molecular weight excluding hydrogens is 420 g/mol. The van der Waals surface area contributed by atoms with Gasteiger partial charge in [-0.1, -0.05) is 141 Å². The van der Waals surface area contributed by atoms with Gasteiger partial charge < -0.3 is 0 Å². The summed E-state index contributed by atoms with van der Waals surface area (Å²) in [5.74, 6) is 0.440. The quantitative estimate of drug-likeness (QED) is 0.413. The van der Waals surface area contributed by atoms with Crippen LogP contribution < -0.4 is 0 Å². The van der Waals surface area contributed by atoms with Crippen molar-refractivity contribution >= 4 is 0 Å². The van der Waals surface area contributed by atoms with Crippen LogP contribution in [0, 0.1) is 0 Å². The van der Waals surface area contributed by atoms with E-state index in [9.17, 15) is 0 Å². The molecule has 1 atom stereocenters. The molecule has 0 saturated heterocycles. The smallest absolute Gasteiger partial charge is 0.0129 e. The summed E-state index contributed by atoms with van der Waals surface area (Å²) in [6.45, 7) is 37.8. The molecule has 0 N–H and O–H groups in total. The van der Waals surface area contributed by atoms with Crippen molar-refractivity contribution in [3.8, 4) is 0 Å². The van der Waals surface area contributed by atoms with Gasteiger partial charge in [-0.25, -0.2) is 0 Å². The Morgan fingerprint density at radius 2 is 0.771 bits per heavy atom. The molecule has 2 aromatic rings. The van der Waals surface area contributed by atoms with Gasteiger partial charge in [0.2, 0.25) is 0 Å². The largest absolute Gasteiger partial charge is 0.0581 e. The molecule has 0 aliphatic carbocycles. The number of hydrogen-bond donors (Lipinski definition) is 0. The molecule has 1 unspecified atom stereocenters. The molecule has 196 valence electrons. The predicted octanol–water partition coefficient (Wildman–Crippen LogP) is 10.5. The van der Waals surface area contributed by atoms with Gasteiger partial charge in [-0.3, -0.25) is 0 Å². The monoisotopic (exact) mass is 476 g/mol. The fraction of sp³-hybridized carbons (Fsp3) is 0.657. The molecule has 0 aliphatic heterocycles. The first kappa shape index (κ1) is 29.7. The van der Waals surface area contributed by atoms with E-state index < -0.39 is 0 Å². The van der Waals surface area contributed by atoms with E-state index in [-0.39, 0.29) is 27.1 Å². The molecular formula is C35H56. The molecule has 2 rings (SSSR count). The lowest BCUT2D eigenvalue weighted by Gasteiger charge is -2.36. The van der Waals surface area contributed by atoms with Crippen molar-refractivity contribution in [3.05, 3.63) is 69.3 Å². The first-order valence-electron chi connectivity index (χ1n) is 13.8. The molecule has 0 spiro atoms. The van der Waals surface area contributed by atoms with Crippen molar-refractivity contribution in [1.29, 1.82) is 0 Å². The van der Waals surface area contributed by atoms with Crippen molar-refractivity contribution in [2.75, 3.05) is 0 Å². The second-order valence-corrected chi connectivity index (χ2v) is 16.3. The third-order valence-electron chi connectivity index (χ3n) is 7.42. The fourth-order valence-corrected chi connectivity index (χ4v) is 4.99. The number of benzene rings is 2. The summed E-state index contributed by atoms with van der Waals surface area (Å²) < 4.78 is 0. The van der Waals surface area contributed by atoms with Gasteiger partial charge in [-0.05, 0) is 78.4 Å². The third-order valence-corrected chi connectivity index (χ3v) is 7.42. The minimum Gasteiger partial charge on any atom is -0.0581 e. The Balaban J connectivity index is 2.78. The highest BCUT2D eigenvalue weighted by atomic mass is 14.4. The zero-order valence-electron chi connectivity index (χ0n) is 26.2. The summed E-state index contributed by atoms with van der Waals surface area (Å²) in [6, 6.07) is 12.4. The second-order valence-electron chi connectivity index (χ2n) is 16.3. The van der Waals surface area contributed by atoms with E-state index in [1.54, 1.807) is 5.56 Å². The van der Waals surface area contributed by atoms with E-state index in [0.29, 0.717) is 5.92 Å². The second kappa shape index (κ2) is 9.39. The highest BCUT2D eigenvalue weighted by molar-refractivity contribution is 5.50. The minimum atomic E-state index is 0.0919. The van der Waals surface area contributed by atoms with E-state index in [1.165, 1.54) is 33.4 Å². The fourth-order valence-electron chi connectivity index (χ4n) is 4.99. The van der Waals surface area contributed by atoms with Gasteiger partial charge in [0.05, 0.1) is 0 Å². The van der Waals surface area contributed by atoms with Crippen LogP contribution in [0.15, 0.2) is 30.3 Å². The molecule has 0 bridgehead atoms. The lowest BCUT2D eigenvalue weighted by Crippen LogP contribution is -2.26. The normalized spacial score (nSPS) is 14.9. The third kappa shape index (κ3) is 7.24. The lowest BCUT2D eigenvalue weighted by atomic mass is 9.69. The molecule has 0 aromatic heterocycles. The number of hydrogen-bond acceptors (Lipinski definition) is 0. The van der Waals surface area contributed by atoms with Crippen LogP contribution in [-0.2, 0) is 33.5 Å². The molecule has 0 fully saturated rings. The van der Waals surface area contributed by atoms with Crippen LogP contribution in [0.2, 0.25) is 0 Å². The van der Waals surface area contributed by atoms with Gasteiger partial charge in [-0.2, -0.15) is 0 Å². The first-order valence-corrected chi connectivity index (χ1v) is 13.8. The van der Waals surface area contributed by atoms with Crippen LogP contribution in [0.3, 0.4) is 0 Å². The summed E-state index contributed by atoms with van der Waals surface area (Å²) in [5, 5.41) is 0. The van der Waals surface area contributed by atoms with Crippen molar-refractivity contribution in [1.82, 2.24) is 0 Å². The Kier molecular flexibility index (Phi) is 7.96. The van der Waals surface area contributed by atoms with Gasteiger partial charge in [0, 0.05) is 0 Å². The zero-order chi connectivity index (χ0) is 27.4. The Hall–Kier alpha value is -1.56. The number of rotatable bonds is 3. The zero-order valence-corrected chi connectivity index (χ0v) is 26.2. The Morgan fingerprint density at radius 3 is 1.06 bits per heavy atom. The van der Waals surface area contributed by atoms with E-state index in [0.717, 1.165) is 6.42 Å². The Labute approximate surface area is 219 Å². The maximum Gasteiger partial charge on any atom is -0.0129 e. The van der Waals surface area contributed by atoms with E-state index in [2.05, 4.69) is 141 Å². The highest BCUT2D eigenvalue weighted by Crippen LogP contribution is 2.43. The molecule has 0 aliphatic rings. The molecule has 0 saturated carbocycles. The molecule has 0 heteroatoms. The molecule has 2 aromatic carbocycles. The minimum absolute atomic E-state index is 0.0919. The maximum atomic E-state index is 2.52. The van der Waals surface area contributed by atoms with Gasteiger partial charge in [-0.15, -0.1) is 0 Å². The molecule has 35 heavy (non-hydrogen) atoms. The maximum absolute atomic E-state index is 2.52. The van der Waals surface area contributed by atoms with Gasteiger partial charge in [0.25, 0.3) is 0 Å². The van der Waals surface area contributed by atoms with Gasteiger partial charge in [0.1, 0.15) is 0 Å². The summed E-state index contributed by atoms with van der Waals surface area (Å²) in [5.41, 5.74) is 11.0. The van der Waals surface area contributed by atoms with Crippen molar-refractivity contribution in [3.63, 3.8) is 0 Å². The average molecular weight is 477 g/mol. The van der Waals surface area contributed by atoms with Crippen LogP contribution in [0.25, 0.3) is 0 Å². The average Bonchev–Trinajstić information content (AvgIpc) is 2.63. The van der Waals surface area contributed by atoms with Crippen LogP contribution in [0.4, 0.5) is 0 Å². The summed E-state index contributed by atoms with van der Waals surface area (Å²) in [7, 11) is 0. The van der Waals surface area contributed by atoms with Crippen molar-refractivity contribution in [2.24, 2.45) is 0 Å². The van der Waals surface area contributed by atoms with E-state index >= 15 is 0 Å². The first-order chi connectivity index (χ1) is 15.4.